The number of rotatable bonds is 9. The van der Waals surface area contributed by atoms with Crippen molar-refractivity contribution in [2.24, 2.45) is 4.99 Å². The van der Waals surface area contributed by atoms with E-state index in [1.165, 1.54) is 28.9 Å². The highest BCUT2D eigenvalue weighted by molar-refractivity contribution is 7.07. The highest BCUT2D eigenvalue weighted by Crippen LogP contribution is 2.31. The minimum atomic E-state index is -0.767. The maximum atomic E-state index is 13.8. The van der Waals surface area contributed by atoms with E-state index in [0.717, 1.165) is 24.3 Å². The van der Waals surface area contributed by atoms with E-state index in [-0.39, 0.29) is 17.7 Å². The Hall–Kier alpha value is -4.24. The summed E-state index contributed by atoms with van der Waals surface area (Å²) >= 11 is 1.27. The van der Waals surface area contributed by atoms with Gasteiger partial charge in [0.1, 0.15) is 12.4 Å². The number of fused-ring (bicyclic) bond motifs is 1. The molecular weight excluding hydrogens is 514 g/mol. The molecule has 4 rings (SSSR count). The van der Waals surface area contributed by atoms with Gasteiger partial charge in [-0.05, 0) is 62.2 Å². The normalized spacial score (nSPS) is 14.9. The standard InChI is InChI=1S/C30H31N3O5S/c1-6-17-37-29(36)26-19(4)31-30-33(27(26)22-11-15-24(16-12-22)38-20(5)34)28(35)25(39-30)18-21-9-13-23(14-10-21)32(7-2)8-3/h6,9-16,18,27H,1,7-8,17H2,2-5H3. The van der Waals surface area contributed by atoms with Gasteiger partial charge in [0.15, 0.2) is 4.80 Å². The molecule has 0 N–H and O–H groups in total. The average molecular weight is 546 g/mol. The quantitative estimate of drug-likeness (QED) is 0.231. The fraction of sp³-hybridized carbons (Fsp3) is 0.267. The molecule has 202 valence electrons. The van der Waals surface area contributed by atoms with Crippen LogP contribution in [0.2, 0.25) is 0 Å². The van der Waals surface area contributed by atoms with E-state index in [9.17, 15) is 14.4 Å². The van der Waals surface area contributed by atoms with Crippen LogP contribution in [0.15, 0.2) is 82.2 Å². The number of ether oxygens (including phenoxy) is 2. The molecule has 2 aromatic carbocycles. The number of esters is 2. The Bertz CT molecular complexity index is 1590. The van der Waals surface area contributed by atoms with E-state index in [0.29, 0.717) is 26.3 Å². The Balaban J connectivity index is 1.82. The molecule has 2 heterocycles. The number of hydrogen-bond acceptors (Lipinski definition) is 8. The molecule has 8 nitrogen and oxygen atoms in total. The van der Waals surface area contributed by atoms with Crippen LogP contribution in [0.1, 0.15) is 44.9 Å². The number of allylic oxidation sites excluding steroid dienone is 1. The molecule has 1 atom stereocenters. The first-order chi connectivity index (χ1) is 18.8. The highest BCUT2D eigenvalue weighted by atomic mass is 32.1. The Kier molecular flexibility index (Phi) is 8.61. The van der Waals surface area contributed by atoms with E-state index in [4.69, 9.17) is 9.47 Å². The van der Waals surface area contributed by atoms with Crippen molar-refractivity contribution in [3.63, 3.8) is 0 Å². The van der Waals surface area contributed by atoms with E-state index >= 15 is 0 Å². The second-order valence-electron chi connectivity index (χ2n) is 8.90. The molecular formula is C30H31N3O5S. The molecule has 0 amide bonds. The van der Waals surface area contributed by atoms with Gasteiger partial charge < -0.3 is 14.4 Å². The number of carbonyl (C=O) groups is 2. The van der Waals surface area contributed by atoms with Crippen molar-refractivity contribution in [2.45, 2.75) is 33.7 Å². The topological polar surface area (TPSA) is 90.2 Å². The Morgan fingerprint density at radius 3 is 2.36 bits per heavy atom. The van der Waals surface area contributed by atoms with Crippen LogP contribution in [0.25, 0.3) is 6.08 Å². The molecule has 0 spiro atoms. The molecule has 0 saturated carbocycles. The zero-order chi connectivity index (χ0) is 28.1. The number of carbonyl (C=O) groups excluding carboxylic acids is 2. The monoisotopic (exact) mass is 545 g/mol. The average Bonchev–Trinajstić information content (AvgIpc) is 3.22. The second-order valence-corrected chi connectivity index (χ2v) is 9.90. The molecule has 0 saturated heterocycles. The van der Waals surface area contributed by atoms with E-state index in [1.807, 2.05) is 30.3 Å². The number of hydrogen-bond donors (Lipinski definition) is 0. The van der Waals surface area contributed by atoms with E-state index in [2.05, 4.69) is 30.3 Å². The van der Waals surface area contributed by atoms with Crippen LogP contribution < -0.4 is 24.5 Å². The summed E-state index contributed by atoms with van der Waals surface area (Å²) in [7, 11) is 0. The summed E-state index contributed by atoms with van der Waals surface area (Å²) in [5, 5.41) is 0. The smallest absolute Gasteiger partial charge is 0.338 e. The molecule has 39 heavy (non-hydrogen) atoms. The lowest BCUT2D eigenvalue weighted by atomic mass is 9.96. The first-order valence-electron chi connectivity index (χ1n) is 12.7. The van der Waals surface area contributed by atoms with Crippen molar-refractivity contribution in [3.8, 4) is 5.75 Å². The summed E-state index contributed by atoms with van der Waals surface area (Å²) in [5.74, 6) is -0.653. The van der Waals surface area contributed by atoms with Crippen molar-refractivity contribution in [1.82, 2.24) is 4.57 Å². The van der Waals surface area contributed by atoms with Crippen molar-refractivity contribution in [3.05, 3.63) is 103 Å². The summed E-state index contributed by atoms with van der Waals surface area (Å²) in [5.41, 5.74) is 3.13. The molecule has 1 unspecified atom stereocenters. The lowest BCUT2D eigenvalue weighted by molar-refractivity contribution is -0.138. The van der Waals surface area contributed by atoms with Crippen LogP contribution in [0, 0.1) is 0 Å². The maximum absolute atomic E-state index is 13.8. The fourth-order valence-corrected chi connectivity index (χ4v) is 5.56. The molecule has 0 bridgehead atoms. The summed E-state index contributed by atoms with van der Waals surface area (Å²) in [6, 6.07) is 14.0. The molecule has 3 aromatic rings. The highest BCUT2D eigenvalue weighted by Gasteiger charge is 2.33. The van der Waals surface area contributed by atoms with Crippen molar-refractivity contribution >= 4 is 35.0 Å². The summed E-state index contributed by atoms with van der Waals surface area (Å²) in [6.07, 6.45) is 3.32. The van der Waals surface area contributed by atoms with Gasteiger partial charge in [-0.3, -0.25) is 14.2 Å². The second kappa shape index (κ2) is 12.1. The molecule has 0 radical (unpaired) electrons. The fourth-order valence-electron chi connectivity index (χ4n) is 4.52. The van der Waals surface area contributed by atoms with Crippen molar-refractivity contribution in [2.75, 3.05) is 24.6 Å². The largest absolute Gasteiger partial charge is 0.458 e. The molecule has 1 aromatic heterocycles. The van der Waals surface area contributed by atoms with Crippen LogP contribution >= 0.6 is 11.3 Å². The van der Waals surface area contributed by atoms with Gasteiger partial charge in [-0.2, -0.15) is 0 Å². The zero-order valence-electron chi connectivity index (χ0n) is 22.5. The molecule has 1 aliphatic heterocycles. The minimum absolute atomic E-state index is 0.0294. The van der Waals surface area contributed by atoms with Gasteiger partial charge in [0.05, 0.1) is 21.8 Å². The molecule has 1 aliphatic rings. The predicted octanol–water partition coefficient (Wildman–Crippen LogP) is 3.74. The van der Waals surface area contributed by atoms with Crippen LogP contribution in [-0.4, -0.2) is 36.2 Å². The van der Waals surface area contributed by atoms with Gasteiger partial charge in [0.25, 0.3) is 5.56 Å². The van der Waals surface area contributed by atoms with Crippen LogP contribution in [0.3, 0.4) is 0 Å². The Morgan fingerprint density at radius 2 is 1.77 bits per heavy atom. The van der Waals surface area contributed by atoms with Crippen LogP contribution in [0.5, 0.6) is 5.75 Å². The molecule has 0 aliphatic carbocycles. The van der Waals surface area contributed by atoms with Gasteiger partial charge >= 0.3 is 11.9 Å². The van der Waals surface area contributed by atoms with Crippen molar-refractivity contribution in [1.29, 1.82) is 0 Å². The zero-order valence-corrected chi connectivity index (χ0v) is 23.3. The number of thiazole rings is 1. The first kappa shape index (κ1) is 27.8. The van der Waals surface area contributed by atoms with E-state index < -0.39 is 18.0 Å². The summed E-state index contributed by atoms with van der Waals surface area (Å²) in [4.78, 5) is 45.6. The molecule has 9 heteroatoms. The van der Waals surface area contributed by atoms with Gasteiger partial charge in [-0.15, -0.1) is 0 Å². The SMILES string of the molecule is C=CCOC(=O)C1=C(C)N=c2sc(=Cc3ccc(N(CC)CC)cc3)c(=O)n2C1c1ccc(OC(C)=O)cc1. The maximum Gasteiger partial charge on any atom is 0.338 e. The van der Waals surface area contributed by atoms with Crippen LogP contribution in [-0.2, 0) is 14.3 Å². The summed E-state index contributed by atoms with van der Waals surface area (Å²) < 4.78 is 12.6. The number of aromatic nitrogens is 1. The van der Waals surface area contributed by atoms with Gasteiger partial charge in [-0.25, -0.2) is 9.79 Å². The van der Waals surface area contributed by atoms with E-state index in [1.54, 1.807) is 31.2 Å². The van der Waals surface area contributed by atoms with Gasteiger partial charge in [0.2, 0.25) is 0 Å². The van der Waals surface area contributed by atoms with Crippen molar-refractivity contribution < 1.29 is 19.1 Å². The van der Waals surface area contributed by atoms with Gasteiger partial charge in [-0.1, -0.05) is 48.3 Å². The summed E-state index contributed by atoms with van der Waals surface area (Å²) in [6.45, 7) is 12.7. The lowest BCUT2D eigenvalue weighted by Crippen LogP contribution is -2.39. The Labute approximate surface area is 230 Å². The Morgan fingerprint density at radius 1 is 1.10 bits per heavy atom. The third kappa shape index (κ3) is 5.93. The lowest BCUT2D eigenvalue weighted by Gasteiger charge is -2.24. The number of anilines is 1. The van der Waals surface area contributed by atoms with Crippen LogP contribution in [0.4, 0.5) is 5.69 Å². The first-order valence-corrected chi connectivity index (χ1v) is 13.5. The third-order valence-electron chi connectivity index (χ3n) is 6.35. The number of benzene rings is 2. The van der Waals surface area contributed by atoms with Gasteiger partial charge in [0, 0.05) is 25.7 Å². The third-order valence-corrected chi connectivity index (χ3v) is 7.33. The predicted molar refractivity (Wildman–Crippen MR) is 153 cm³/mol. The number of nitrogens with zero attached hydrogens (tertiary/aromatic N) is 3. The molecule has 0 fully saturated rings. The minimum Gasteiger partial charge on any atom is -0.458 e.